The van der Waals surface area contributed by atoms with Gasteiger partial charge >= 0.3 is 0 Å². The lowest BCUT2D eigenvalue weighted by molar-refractivity contribution is -0.135. The van der Waals surface area contributed by atoms with Crippen molar-refractivity contribution in [2.75, 3.05) is 20.3 Å². The summed E-state index contributed by atoms with van der Waals surface area (Å²) in [7, 11) is 1.42. The highest BCUT2D eigenvalue weighted by Gasteiger charge is 2.05. The maximum absolute atomic E-state index is 11.6. The standard InChI is InChI=1S/C6H14FN3O2/c1-5(9-7)3-12-4-6(11)10(2)8/h5,9H,3-4,8H2,1-2H3/t5-/m0/s1. The van der Waals surface area contributed by atoms with E-state index >= 15 is 0 Å². The predicted molar refractivity (Wildman–Crippen MR) is 41.5 cm³/mol. The zero-order valence-electron chi connectivity index (χ0n) is 7.21. The van der Waals surface area contributed by atoms with E-state index in [1.807, 2.05) is 0 Å². The molecule has 0 aromatic carbocycles. The van der Waals surface area contributed by atoms with Gasteiger partial charge in [0.15, 0.2) is 0 Å². The lowest BCUT2D eigenvalue weighted by atomic mass is 10.4. The van der Waals surface area contributed by atoms with Crippen molar-refractivity contribution in [1.29, 1.82) is 0 Å². The van der Waals surface area contributed by atoms with Crippen LogP contribution in [0.5, 0.6) is 0 Å². The smallest absolute Gasteiger partial charge is 0.262 e. The van der Waals surface area contributed by atoms with Crippen molar-refractivity contribution in [1.82, 2.24) is 10.5 Å². The first kappa shape index (κ1) is 11.3. The first-order chi connectivity index (χ1) is 5.57. The SMILES string of the molecule is C[C@@H](COCC(=O)N(C)N)NF. The molecule has 0 radical (unpaired) electrons. The maximum Gasteiger partial charge on any atom is 0.262 e. The van der Waals surface area contributed by atoms with Crippen LogP contribution in [0.3, 0.4) is 0 Å². The summed E-state index contributed by atoms with van der Waals surface area (Å²) in [5.74, 6) is 4.75. The van der Waals surface area contributed by atoms with Gasteiger partial charge in [-0.25, -0.2) is 5.84 Å². The van der Waals surface area contributed by atoms with Crippen molar-refractivity contribution in [2.24, 2.45) is 5.84 Å². The van der Waals surface area contributed by atoms with Gasteiger partial charge in [0.25, 0.3) is 5.91 Å². The van der Waals surface area contributed by atoms with E-state index in [-0.39, 0.29) is 19.1 Å². The number of hydrogen-bond acceptors (Lipinski definition) is 4. The molecule has 0 unspecified atom stereocenters. The minimum Gasteiger partial charge on any atom is -0.370 e. The number of halogens is 1. The second kappa shape index (κ2) is 5.87. The van der Waals surface area contributed by atoms with Crippen molar-refractivity contribution in [2.45, 2.75) is 13.0 Å². The fraction of sp³-hybridized carbons (Fsp3) is 0.833. The normalized spacial score (nSPS) is 12.7. The molecule has 0 aliphatic rings. The molecular weight excluding hydrogens is 165 g/mol. The van der Waals surface area contributed by atoms with E-state index in [0.717, 1.165) is 5.01 Å². The van der Waals surface area contributed by atoms with Gasteiger partial charge in [-0.05, 0) is 6.92 Å². The molecule has 1 amide bonds. The summed E-state index contributed by atoms with van der Waals surface area (Å²) in [6.07, 6.45) is 0. The van der Waals surface area contributed by atoms with Crippen LogP contribution in [0.4, 0.5) is 4.48 Å². The molecule has 0 bridgehead atoms. The first-order valence-corrected chi connectivity index (χ1v) is 3.53. The fourth-order valence-electron chi connectivity index (χ4n) is 0.456. The van der Waals surface area contributed by atoms with E-state index in [1.54, 1.807) is 6.92 Å². The van der Waals surface area contributed by atoms with Crippen LogP contribution >= 0.6 is 0 Å². The van der Waals surface area contributed by atoms with Crippen LogP contribution in [-0.4, -0.2) is 37.2 Å². The number of carbonyl (C=O) groups is 1. The van der Waals surface area contributed by atoms with Crippen molar-refractivity contribution in [3.63, 3.8) is 0 Å². The highest BCUT2D eigenvalue weighted by Crippen LogP contribution is 1.85. The second-order valence-corrected chi connectivity index (χ2v) is 2.53. The van der Waals surface area contributed by atoms with Gasteiger partial charge in [0.05, 0.1) is 12.6 Å². The summed E-state index contributed by atoms with van der Waals surface area (Å²) < 4.78 is 16.5. The summed E-state index contributed by atoms with van der Waals surface area (Å²) in [5, 5.41) is 0.924. The molecule has 0 aromatic rings. The Bertz CT molecular complexity index is 143. The predicted octanol–water partition coefficient (Wildman–Crippen LogP) is -0.802. The summed E-state index contributed by atoms with van der Waals surface area (Å²) in [5.41, 5.74) is 1.49. The third-order valence-electron chi connectivity index (χ3n) is 1.17. The van der Waals surface area contributed by atoms with Crippen LogP contribution in [-0.2, 0) is 9.53 Å². The van der Waals surface area contributed by atoms with Gasteiger partial charge in [-0.1, -0.05) is 0 Å². The minimum absolute atomic E-state index is 0.126. The second-order valence-electron chi connectivity index (χ2n) is 2.53. The number of hydrazine groups is 1. The Balaban J connectivity index is 3.37. The molecule has 72 valence electrons. The van der Waals surface area contributed by atoms with Gasteiger partial charge in [0, 0.05) is 7.05 Å². The lowest BCUT2D eigenvalue weighted by Crippen LogP contribution is -2.37. The van der Waals surface area contributed by atoms with E-state index < -0.39 is 6.04 Å². The van der Waals surface area contributed by atoms with Crippen LogP contribution in [0, 0.1) is 0 Å². The largest absolute Gasteiger partial charge is 0.370 e. The molecule has 0 aliphatic carbocycles. The number of likely N-dealkylation sites (N-methyl/N-ethyl adjacent to an activating group) is 1. The lowest BCUT2D eigenvalue weighted by Gasteiger charge is -2.11. The number of ether oxygens (including phenoxy) is 1. The van der Waals surface area contributed by atoms with Crippen molar-refractivity contribution in [3.05, 3.63) is 0 Å². The molecule has 0 heterocycles. The Morgan fingerprint density at radius 1 is 1.83 bits per heavy atom. The summed E-state index contributed by atoms with van der Waals surface area (Å²) in [6.45, 7) is 1.60. The molecule has 0 spiro atoms. The van der Waals surface area contributed by atoms with Gasteiger partial charge in [0.1, 0.15) is 6.61 Å². The quantitative estimate of drug-likeness (QED) is 0.251. The highest BCUT2D eigenvalue weighted by atomic mass is 19.2. The summed E-state index contributed by atoms with van der Waals surface area (Å²) in [6, 6.07) is -0.416. The fourth-order valence-corrected chi connectivity index (χ4v) is 0.456. The monoisotopic (exact) mass is 179 g/mol. The number of carbonyl (C=O) groups excluding carboxylic acids is 1. The average molecular weight is 179 g/mol. The van der Waals surface area contributed by atoms with Gasteiger partial charge in [-0.3, -0.25) is 9.80 Å². The molecular formula is C6H14FN3O2. The molecule has 0 rings (SSSR count). The van der Waals surface area contributed by atoms with Crippen LogP contribution in [0.25, 0.3) is 0 Å². The van der Waals surface area contributed by atoms with E-state index in [4.69, 9.17) is 10.6 Å². The first-order valence-electron chi connectivity index (χ1n) is 3.53. The molecule has 6 heteroatoms. The molecule has 1 atom stereocenters. The van der Waals surface area contributed by atoms with Crippen LogP contribution in [0.2, 0.25) is 0 Å². The number of nitrogens with one attached hydrogen (secondary N) is 1. The Morgan fingerprint density at radius 3 is 2.83 bits per heavy atom. The Labute approximate surface area is 70.6 Å². The molecule has 0 saturated heterocycles. The van der Waals surface area contributed by atoms with Crippen molar-refractivity contribution in [3.8, 4) is 0 Å². The minimum atomic E-state index is -0.416. The average Bonchev–Trinajstić information content (AvgIpc) is 2.03. The zero-order valence-corrected chi connectivity index (χ0v) is 7.21. The molecule has 0 aromatic heterocycles. The summed E-state index contributed by atoms with van der Waals surface area (Å²) in [4.78, 5) is 10.8. The number of rotatable bonds is 5. The third-order valence-corrected chi connectivity index (χ3v) is 1.17. The number of nitrogens with two attached hydrogens (primary N) is 1. The number of nitrogens with zero attached hydrogens (tertiary/aromatic N) is 1. The Kier molecular flexibility index (Phi) is 5.52. The molecule has 3 N–H and O–H groups in total. The van der Waals surface area contributed by atoms with E-state index in [0.29, 0.717) is 0 Å². The van der Waals surface area contributed by atoms with E-state index in [9.17, 15) is 9.28 Å². The molecule has 0 saturated carbocycles. The van der Waals surface area contributed by atoms with Gasteiger partial charge in [0.2, 0.25) is 0 Å². The molecule has 0 aliphatic heterocycles. The van der Waals surface area contributed by atoms with Gasteiger partial charge < -0.3 is 4.74 Å². The third kappa shape index (κ3) is 5.00. The van der Waals surface area contributed by atoms with Gasteiger partial charge in [-0.2, -0.15) is 5.54 Å². The molecule has 12 heavy (non-hydrogen) atoms. The van der Waals surface area contributed by atoms with E-state index in [1.165, 1.54) is 12.6 Å². The Morgan fingerprint density at radius 2 is 2.42 bits per heavy atom. The number of hydrogen-bond donors (Lipinski definition) is 2. The molecule has 5 nitrogen and oxygen atoms in total. The van der Waals surface area contributed by atoms with E-state index in [2.05, 4.69) is 0 Å². The van der Waals surface area contributed by atoms with Crippen LogP contribution in [0.15, 0.2) is 0 Å². The van der Waals surface area contributed by atoms with Crippen molar-refractivity contribution < 1.29 is 14.0 Å². The maximum atomic E-state index is 11.6. The Hall–Kier alpha value is -0.720. The highest BCUT2D eigenvalue weighted by molar-refractivity contribution is 5.76. The molecule has 0 fully saturated rings. The zero-order chi connectivity index (χ0) is 9.56. The topological polar surface area (TPSA) is 67.6 Å². The van der Waals surface area contributed by atoms with Crippen LogP contribution in [0.1, 0.15) is 6.92 Å². The number of amides is 1. The van der Waals surface area contributed by atoms with Gasteiger partial charge in [-0.15, -0.1) is 4.48 Å². The van der Waals surface area contributed by atoms with Crippen molar-refractivity contribution >= 4 is 5.91 Å². The van der Waals surface area contributed by atoms with Crippen LogP contribution < -0.4 is 11.4 Å². The summed E-state index contributed by atoms with van der Waals surface area (Å²) >= 11 is 0.